The fraction of sp³-hybridized carbons (Fsp3) is 0.350. The SMILES string of the molecule is CCC(CC(=O)NCCc1ccc(N)cc1)c1ccc(C)cc1.Cl. The van der Waals surface area contributed by atoms with Crippen LogP contribution in [0.2, 0.25) is 0 Å². The standard InChI is InChI=1S/C20H26N2O.ClH/c1-3-17(18-8-4-15(2)5-9-18)14-20(23)22-13-12-16-6-10-19(21)11-7-16;/h4-11,17H,3,12-14,21H2,1-2H3,(H,22,23);1H. The largest absolute Gasteiger partial charge is 0.399 e. The maximum absolute atomic E-state index is 12.2. The molecule has 3 nitrogen and oxygen atoms in total. The molecule has 0 fully saturated rings. The summed E-state index contributed by atoms with van der Waals surface area (Å²) in [7, 11) is 0. The molecular formula is C20H27ClN2O. The van der Waals surface area contributed by atoms with Crippen LogP contribution in [0.25, 0.3) is 0 Å². The highest BCUT2D eigenvalue weighted by Gasteiger charge is 2.13. The van der Waals surface area contributed by atoms with Crippen LogP contribution in [0.3, 0.4) is 0 Å². The van der Waals surface area contributed by atoms with Crippen molar-refractivity contribution in [3.05, 3.63) is 65.2 Å². The maximum atomic E-state index is 12.2. The van der Waals surface area contributed by atoms with Gasteiger partial charge in [0.1, 0.15) is 0 Å². The lowest BCUT2D eigenvalue weighted by molar-refractivity contribution is -0.121. The van der Waals surface area contributed by atoms with Gasteiger partial charge in [0.2, 0.25) is 5.91 Å². The molecule has 2 aromatic rings. The van der Waals surface area contributed by atoms with Crippen molar-refractivity contribution in [1.82, 2.24) is 5.32 Å². The molecule has 0 aliphatic rings. The van der Waals surface area contributed by atoms with Gasteiger partial charge < -0.3 is 11.1 Å². The number of carbonyl (C=O) groups is 1. The lowest BCUT2D eigenvalue weighted by Crippen LogP contribution is -2.27. The molecule has 1 amide bonds. The number of amides is 1. The minimum absolute atomic E-state index is 0. The van der Waals surface area contributed by atoms with Gasteiger partial charge in [-0.2, -0.15) is 0 Å². The number of nitrogen functional groups attached to an aromatic ring is 1. The van der Waals surface area contributed by atoms with Crippen LogP contribution in [0.5, 0.6) is 0 Å². The Morgan fingerprint density at radius 1 is 1.08 bits per heavy atom. The molecule has 24 heavy (non-hydrogen) atoms. The van der Waals surface area contributed by atoms with E-state index in [2.05, 4.69) is 43.4 Å². The van der Waals surface area contributed by atoms with Crippen LogP contribution in [-0.4, -0.2) is 12.5 Å². The summed E-state index contributed by atoms with van der Waals surface area (Å²) in [5.74, 6) is 0.403. The Morgan fingerprint density at radius 3 is 2.29 bits per heavy atom. The van der Waals surface area contributed by atoms with Gasteiger partial charge in [0.25, 0.3) is 0 Å². The Labute approximate surface area is 151 Å². The smallest absolute Gasteiger partial charge is 0.220 e. The van der Waals surface area contributed by atoms with E-state index in [9.17, 15) is 4.79 Å². The van der Waals surface area contributed by atoms with E-state index in [-0.39, 0.29) is 24.2 Å². The molecule has 0 spiro atoms. The molecule has 0 heterocycles. The summed E-state index contributed by atoms with van der Waals surface area (Å²) in [5.41, 5.74) is 10.1. The third kappa shape index (κ3) is 6.25. The second-order valence-electron chi connectivity index (χ2n) is 6.06. The third-order valence-electron chi connectivity index (χ3n) is 4.19. The fourth-order valence-corrected chi connectivity index (χ4v) is 2.66. The molecule has 1 atom stereocenters. The van der Waals surface area contributed by atoms with Gasteiger partial charge in [-0.1, -0.05) is 48.9 Å². The lowest BCUT2D eigenvalue weighted by atomic mass is 9.92. The van der Waals surface area contributed by atoms with Gasteiger partial charge in [0.15, 0.2) is 0 Å². The van der Waals surface area contributed by atoms with Crippen LogP contribution in [0.4, 0.5) is 5.69 Å². The molecule has 3 N–H and O–H groups in total. The number of halogens is 1. The quantitative estimate of drug-likeness (QED) is 0.737. The zero-order chi connectivity index (χ0) is 16.7. The monoisotopic (exact) mass is 346 g/mol. The minimum atomic E-state index is 0. The minimum Gasteiger partial charge on any atom is -0.399 e. The first kappa shape index (κ1) is 20.0. The van der Waals surface area contributed by atoms with E-state index in [4.69, 9.17) is 5.73 Å². The molecule has 0 radical (unpaired) electrons. The zero-order valence-corrected chi connectivity index (χ0v) is 15.2. The number of carbonyl (C=O) groups excluding carboxylic acids is 1. The molecule has 1 unspecified atom stereocenters. The second-order valence-corrected chi connectivity index (χ2v) is 6.06. The Morgan fingerprint density at radius 2 is 1.71 bits per heavy atom. The van der Waals surface area contributed by atoms with Crippen LogP contribution < -0.4 is 11.1 Å². The van der Waals surface area contributed by atoms with Gasteiger partial charge in [0, 0.05) is 18.7 Å². The summed E-state index contributed by atoms with van der Waals surface area (Å²) in [6, 6.07) is 16.3. The number of benzene rings is 2. The molecule has 0 saturated carbocycles. The molecule has 0 saturated heterocycles. The average molecular weight is 347 g/mol. The number of anilines is 1. The highest BCUT2D eigenvalue weighted by Crippen LogP contribution is 2.23. The Bertz CT molecular complexity index is 623. The van der Waals surface area contributed by atoms with E-state index < -0.39 is 0 Å². The van der Waals surface area contributed by atoms with Crippen LogP contribution >= 0.6 is 12.4 Å². The Kier molecular flexibility index (Phi) is 8.34. The van der Waals surface area contributed by atoms with Crippen molar-refractivity contribution in [3.63, 3.8) is 0 Å². The first-order chi connectivity index (χ1) is 11.1. The highest BCUT2D eigenvalue weighted by atomic mass is 35.5. The summed E-state index contributed by atoms with van der Waals surface area (Å²) in [6.07, 6.45) is 2.34. The Balaban J connectivity index is 0.00000288. The molecule has 0 bridgehead atoms. The molecular weight excluding hydrogens is 320 g/mol. The maximum Gasteiger partial charge on any atom is 0.220 e. The zero-order valence-electron chi connectivity index (χ0n) is 14.4. The normalized spacial score (nSPS) is 11.4. The lowest BCUT2D eigenvalue weighted by Gasteiger charge is -2.15. The summed E-state index contributed by atoms with van der Waals surface area (Å²) in [6.45, 7) is 4.87. The molecule has 2 aromatic carbocycles. The van der Waals surface area contributed by atoms with E-state index in [0.717, 1.165) is 18.5 Å². The van der Waals surface area contributed by atoms with Crippen molar-refractivity contribution < 1.29 is 4.79 Å². The molecule has 2 rings (SSSR count). The van der Waals surface area contributed by atoms with E-state index >= 15 is 0 Å². The van der Waals surface area contributed by atoms with Gasteiger partial charge in [0.05, 0.1) is 0 Å². The van der Waals surface area contributed by atoms with E-state index in [1.54, 1.807) is 0 Å². The van der Waals surface area contributed by atoms with Crippen LogP contribution in [-0.2, 0) is 11.2 Å². The van der Waals surface area contributed by atoms with Crippen LogP contribution in [0, 0.1) is 6.92 Å². The van der Waals surface area contributed by atoms with Gasteiger partial charge in [-0.05, 0) is 48.9 Å². The predicted octanol–water partition coefficient (Wildman–Crippen LogP) is 4.24. The van der Waals surface area contributed by atoms with Crippen molar-refractivity contribution in [2.75, 3.05) is 12.3 Å². The van der Waals surface area contributed by atoms with Crippen molar-refractivity contribution in [2.45, 2.75) is 39.0 Å². The summed E-state index contributed by atoms with van der Waals surface area (Å²) < 4.78 is 0. The molecule has 130 valence electrons. The molecule has 0 aliphatic heterocycles. The molecule has 0 aliphatic carbocycles. The van der Waals surface area contributed by atoms with Crippen molar-refractivity contribution in [3.8, 4) is 0 Å². The summed E-state index contributed by atoms with van der Waals surface area (Å²) >= 11 is 0. The van der Waals surface area contributed by atoms with E-state index in [0.29, 0.717) is 13.0 Å². The van der Waals surface area contributed by atoms with Crippen molar-refractivity contribution in [1.29, 1.82) is 0 Å². The average Bonchev–Trinajstić information content (AvgIpc) is 2.55. The van der Waals surface area contributed by atoms with Crippen molar-refractivity contribution >= 4 is 24.0 Å². The topological polar surface area (TPSA) is 55.1 Å². The number of rotatable bonds is 7. The molecule has 0 aromatic heterocycles. The number of aryl methyl sites for hydroxylation is 1. The number of nitrogens with one attached hydrogen (secondary N) is 1. The third-order valence-corrected chi connectivity index (χ3v) is 4.19. The van der Waals surface area contributed by atoms with Crippen LogP contribution in [0.1, 0.15) is 42.4 Å². The van der Waals surface area contributed by atoms with E-state index in [1.165, 1.54) is 16.7 Å². The highest BCUT2D eigenvalue weighted by molar-refractivity contribution is 5.85. The summed E-state index contributed by atoms with van der Waals surface area (Å²) in [5, 5.41) is 3.02. The molecule has 4 heteroatoms. The van der Waals surface area contributed by atoms with Crippen molar-refractivity contribution in [2.24, 2.45) is 0 Å². The van der Waals surface area contributed by atoms with Gasteiger partial charge in [-0.3, -0.25) is 4.79 Å². The van der Waals surface area contributed by atoms with Crippen LogP contribution in [0.15, 0.2) is 48.5 Å². The first-order valence-corrected chi connectivity index (χ1v) is 8.26. The Hall–Kier alpha value is -2.00. The van der Waals surface area contributed by atoms with Gasteiger partial charge in [-0.25, -0.2) is 0 Å². The first-order valence-electron chi connectivity index (χ1n) is 8.26. The fourth-order valence-electron chi connectivity index (χ4n) is 2.66. The number of nitrogens with two attached hydrogens (primary N) is 1. The van der Waals surface area contributed by atoms with Gasteiger partial charge in [-0.15, -0.1) is 12.4 Å². The second kappa shape index (κ2) is 9.99. The number of hydrogen-bond acceptors (Lipinski definition) is 2. The van der Waals surface area contributed by atoms with E-state index in [1.807, 2.05) is 24.3 Å². The predicted molar refractivity (Wildman–Crippen MR) is 104 cm³/mol. The summed E-state index contributed by atoms with van der Waals surface area (Å²) in [4.78, 5) is 12.2. The number of hydrogen-bond donors (Lipinski definition) is 2. The van der Waals surface area contributed by atoms with Gasteiger partial charge >= 0.3 is 0 Å².